The van der Waals surface area contributed by atoms with E-state index in [2.05, 4.69) is 54.0 Å². The minimum atomic E-state index is 1.01. The molecule has 2 rings (SSSR count). The van der Waals surface area contributed by atoms with Crippen LogP contribution in [-0.4, -0.2) is 6.54 Å². The van der Waals surface area contributed by atoms with Crippen molar-refractivity contribution in [3.63, 3.8) is 0 Å². The van der Waals surface area contributed by atoms with E-state index in [0.717, 1.165) is 13.0 Å². The quantitative estimate of drug-likeness (QED) is 0.823. The summed E-state index contributed by atoms with van der Waals surface area (Å²) in [4.78, 5) is 1.44. The Bertz CT molecular complexity index is 406. The Balaban J connectivity index is 1.86. The van der Waals surface area contributed by atoms with E-state index in [1.165, 1.54) is 16.1 Å². The highest BCUT2D eigenvalue weighted by Crippen LogP contribution is 2.14. The van der Waals surface area contributed by atoms with Crippen LogP contribution in [0.3, 0.4) is 0 Å². The van der Waals surface area contributed by atoms with Gasteiger partial charge in [0.1, 0.15) is 0 Å². The predicted molar refractivity (Wildman–Crippen MR) is 67.7 cm³/mol. The predicted octanol–water partition coefficient (Wildman–Crippen LogP) is 3.71. The molecule has 1 aromatic carbocycles. The SMILES string of the molecule is Cc1ccccc1NCCc1cccs1. The zero-order valence-corrected chi connectivity index (χ0v) is 9.68. The van der Waals surface area contributed by atoms with Gasteiger partial charge in [0.2, 0.25) is 0 Å². The Hall–Kier alpha value is -1.28. The van der Waals surface area contributed by atoms with Crippen molar-refractivity contribution in [1.29, 1.82) is 0 Å². The van der Waals surface area contributed by atoms with Gasteiger partial charge in [-0.25, -0.2) is 0 Å². The number of benzene rings is 1. The van der Waals surface area contributed by atoms with Crippen LogP contribution in [0.15, 0.2) is 41.8 Å². The van der Waals surface area contributed by atoms with Crippen molar-refractivity contribution in [3.05, 3.63) is 52.2 Å². The van der Waals surface area contributed by atoms with Gasteiger partial charge >= 0.3 is 0 Å². The molecular formula is C13H15NS. The summed E-state index contributed by atoms with van der Waals surface area (Å²) in [5, 5.41) is 5.59. The van der Waals surface area contributed by atoms with Crippen LogP contribution in [0, 0.1) is 6.92 Å². The number of hydrogen-bond donors (Lipinski definition) is 1. The van der Waals surface area contributed by atoms with Crippen LogP contribution in [0.25, 0.3) is 0 Å². The lowest BCUT2D eigenvalue weighted by molar-refractivity contribution is 1.04. The molecule has 0 aliphatic heterocycles. The molecule has 0 amide bonds. The molecule has 78 valence electrons. The normalized spacial score (nSPS) is 10.2. The summed E-state index contributed by atoms with van der Waals surface area (Å²) in [7, 11) is 0. The van der Waals surface area contributed by atoms with E-state index >= 15 is 0 Å². The smallest absolute Gasteiger partial charge is 0.0369 e. The van der Waals surface area contributed by atoms with Crippen LogP contribution >= 0.6 is 11.3 Å². The highest BCUT2D eigenvalue weighted by atomic mass is 32.1. The molecule has 0 radical (unpaired) electrons. The molecule has 0 saturated heterocycles. The summed E-state index contributed by atoms with van der Waals surface area (Å²) >= 11 is 1.82. The highest BCUT2D eigenvalue weighted by molar-refractivity contribution is 7.09. The first-order valence-corrected chi connectivity index (χ1v) is 6.06. The fourth-order valence-corrected chi connectivity index (χ4v) is 2.26. The maximum Gasteiger partial charge on any atom is 0.0369 e. The van der Waals surface area contributed by atoms with E-state index in [9.17, 15) is 0 Å². The number of nitrogens with one attached hydrogen (secondary N) is 1. The first-order chi connectivity index (χ1) is 7.36. The number of para-hydroxylation sites is 1. The molecule has 15 heavy (non-hydrogen) atoms. The van der Waals surface area contributed by atoms with Crippen molar-refractivity contribution in [3.8, 4) is 0 Å². The first-order valence-electron chi connectivity index (χ1n) is 5.18. The van der Waals surface area contributed by atoms with Crippen LogP contribution < -0.4 is 5.32 Å². The second kappa shape index (κ2) is 4.99. The summed E-state index contributed by atoms with van der Waals surface area (Å²) in [6, 6.07) is 12.7. The molecule has 1 nitrogen and oxygen atoms in total. The van der Waals surface area contributed by atoms with Gasteiger partial charge in [-0.2, -0.15) is 0 Å². The van der Waals surface area contributed by atoms with Crippen molar-refractivity contribution < 1.29 is 0 Å². The largest absolute Gasteiger partial charge is 0.384 e. The maximum absolute atomic E-state index is 3.46. The van der Waals surface area contributed by atoms with E-state index < -0.39 is 0 Å². The summed E-state index contributed by atoms with van der Waals surface area (Å²) in [6.45, 7) is 3.14. The van der Waals surface area contributed by atoms with Crippen LogP contribution in [0.4, 0.5) is 5.69 Å². The highest BCUT2D eigenvalue weighted by Gasteiger charge is 1.96. The first kappa shape index (κ1) is 10.2. The average Bonchev–Trinajstić information content (AvgIpc) is 2.74. The summed E-state index contributed by atoms with van der Waals surface area (Å²) < 4.78 is 0. The van der Waals surface area contributed by atoms with E-state index in [1.54, 1.807) is 0 Å². The second-order valence-corrected chi connectivity index (χ2v) is 4.60. The number of anilines is 1. The standard InChI is InChI=1S/C13H15NS/c1-11-5-2-3-7-13(11)14-9-8-12-6-4-10-15-12/h2-7,10,14H,8-9H2,1H3. The minimum Gasteiger partial charge on any atom is -0.384 e. The number of aryl methyl sites for hydroxylation is 1. The second-order valence-electron chi connectivity index (χ2n) is 3.57. The van der Waals surface area contributed by atoms with Crippen LogP contribution in [-0.2, 0) is 6.42 Å². The van der Waals surface area contributed by atoms with Crippen molar-refractivity contribution in [2.45, 2.75) is 13.3 Å². The molecule has 0 aliphatic carbocycles. The van der Waals surface area contributed by atoms with Crippen LogP contribution in [0.2, 0.25) is 0 Å². The van der Waals surface area contributed by atoms with Gasteiger partial charge < -0.3 is 5.32 Å². The molecule has 0 bridgehead atoms. The van der Waals surface area contributed by atoms with E-state index in [0.29, 0.717) is 0 Å². The lowest BCUT2D eigenvalue weighted by Crippen LogP contribution is -2.04. The molecular weight excluding hydrogens is 202 g/mol. The lowest BCUT2D eigenvalue weighted by atomic mass is 10.2. The number of thiophene rings is 1. The fourth-order valence-electron chi connectivity index (χ4n) is 1.55. The Labute approximate surface area is 94.8 Å². The van der Waals surface area contributed by atoms with Crippen molar-refractivity contribution >= 4 is 17.0 Å². The molecule has 1 heterocycles. The molecule has 0 aliphatic rings. The Morgan fingerprint density at radius 2 is 2.00 bits per heavy atom. The van der Waals surface area contributed by atoms with Gasteiger partial charge in [-0.15, -0.1) is 11.3 Å². The monoisotopic (exact) mass is 217 g/mol. The van der Waals surface area contributed by atoms with Gasteiger partial charge in [0.15, 0.2) is 0 Å². The molecule has 0 fully saturated rings. The minimum absolute atomic E-state index is 1.01. The Morgan fingerprint density at radius 3 is 2.73 bits per heavy atom. The van der Waals surface area contributed by atoms with Crippen molar-refractivity contribution in [2.24, 2.45) is 0 Å². The number of hydrogen-bond acceptors (Lipinski definition) is 2. The zero-order chi connectivity index (χ0) is 10.5. The Kier molecular flexibility index (Phi) is 3.41. The van der Waals surface area contributed by atoms with Crippen LogP contribution in [0.5, 0.6) is 0 Å². The molecule has 0 unspecified atom stereocenters. The molecule has 0 spiro atoms. The third-order valence-electron chi connectivity index (χ3n) is 2.41. The van der Waals surface area contributed by atoms with Gasteiger partial charge in [0, 0.05) is 17.1 Å². The summed E-state index contributed by atoms with van der Waals surface area (Å²) in [5.41, 5.74) is 2.55. The van der Waals surface area contributed by atoms with Crippen molar-refractivity contribution in [2.75, 3.05) is 11.9 Å². The molecule has 1 aromatic heterocycles. The Morgan fingerprint density at radius 1 is 1.13 bits per heavy atom. The van der Waals surface area contributed by atoms with Gasteiger partial charge in [-0.1, -0.05) is 24.3 Å². The lowest BCUT2D eigenvalue weighted by Gasteiger charge is -2.07. The van der Waals surface area contributed by atoms with Crippen LogP contribution in [0.1, 0.15) is 10.4 Å². The summed E-state index contributed by atoms with van der Waals surface area (Å²) in [5.74, 6) is 0. The van der Waals surface area contributed by atoms with Gasteiger partial charge in [0.25, 0.3) is 0 Å². The zero-order valence-electron chi connectivity index (χ0n) is 8.86. The van der Waals surface area contributed by atoms with Crippen molar-refractivity contribution in [1.82, 2.24) is 0 Å². The topological polar surface area (TPSA) is 12.0 Å². The van der Waals surface area contributed by atoms with E-state index in [-0.39, 0.29) is 0 Å². The van der Waals surface area contributed by atoms with Gasteiger partial charge in [-0.05, 0) is 36.4 Å². The molecule has 0 saturated carbocycles. The fraction of sp³-hybridized carbons (Fsp3) is 0.231. The maximum atomic E-state index is 3.46. The molecule has 2 heteroatoms. The third kappa shape index (κ3) is 2.83. The molecule has 0 atom stereocenters. The average molecular weight is 217 g/mol. The van der Waals surface area contributed by atoms with Gasteiger partial charge in [0.05, 0.1) is 0 Å². The number of rotatable bonds is 4. The van der Waals surface area contributed by atoms with E-state index in [4.69, 9.17) is 0 Å². The molecule has 1 N–H and O–H groups in total. The molecule has 2 aromatic rings. The third-order valence-corrected chi connectivity index (χ3v) is 3.35. The van der Waals surface area contributed by atoms with E-state index in [1.807, 2.05) is 11.3 Å². The summed E-state index contributed by atoms with van der Waals surface area (Å²) in [6.07, 6.45) is 1.10. The van der Waals surface area contributed by atoms with Gasteiger partial charge in [-0.3, -0.25) is 0 Å².